The van der Waals surface area contributed by atoms with Gasteiger partial charge in [-0.2, -0.15) is 0 Å². The molecule has 1 rings (SSSR count). The number of nitrogens with zero attached hydrogens (tertiary/aromatic N) is 1. The van der Waals surface area contributed by atoms with E-state index < -0.39 is 0 Å². The fourth-order valence-electron chi connectivity index (χ4n) is 1.97. The minimum absolute atomic E-state index is 0.0979. The molecule has 15 heavy (non-hydrogen) atoms. The molecule has 1 aromatic rings. The molecule has 0 fully saturated rings. The summed E-state index contributed by atoms with van der Waals surface area (Å²) in [5, 5.41) is 0. The average molecular weight is 206 g/mol. The highest BCUT2D eigenvalue weighted by Crippen LogP contribution is 2.16. The Kier molecular flexibility index (Phi) is 4.15. The second-order valence-corrected chi connectivity index (χ2v) is 4.60. The fraction of sp³-hybridized carbons (Fsp3) is 0.538. The summed E-state index contributed by atoms with van der Waals surface area (Å²) in [6.45, 7) is 5.19. The number of hydrogen-bond donors (Lipinski definition) is 1. The number of anilines is 1. The van der Waals surface area contributed by atoms with Gasteiger partial charge in [0.25, 0.3) is 0 Å². The average Bonchev–Trinajstić information content (AvgIpc) is 2.18. The quantitative estimate of drug-likeness (QED) is 0.802. The minimum atomic E-state index is -0.0979. The zero-order chi connectivity index (χ0) is 11.3. The van der Waals surface area contributed by atoms with Crippen molar-refractivity contribution in [3.63, 3.8) is 0 Å². The third-order valence-electron chi connectivity index (χ3n) is 2.62. The maximum Gasteiger partial charge on any atom is 0.0364 e. The van der Waals surface area contributed by atoms with Gasteiger partial charge >= 0.3 is 0 Å². The van der Waals surface area contributed by atoms with Crippen LogP contribution in [0.25, 0.3) is 0 Å². The largest absolute Gasteiger partial charge is 0.373 e. The Morgan fingerprint density at radius 2 is 1.87 bits per heavy atom. The van der Waals surface area contributed by atoms with Crippen LogP contribution >= 0.6 is 0 Å². The van der Waals surface area contributed by atoms with Crippen molar-refractivity contribution in [2.24, 2.45) is 5.73 Å². The smallest absolute Gasteiger partial charge is 0.0364 e. The molecule has 1 aromatic carbocycles. The molecule has 0 saturated carbocycles. The molecule has 0 aliphatic carbocycles. The van der Waals surface area contributed by atoms with E-state index in [0.29, 0.717) is 0 Å². The summed E-state index contributed by atoms with van der Waals surface area (Å²) >= 11 is 0. The van der Waals surface area contributed by atoms with E-state index in [1.807, 2.05) is 6.07 Å². The molecule has 0 heterocycles. The Morgan fingerprint density at radius 1 is 1.27 bits per heavy atom. The number of para-hydroxylation sites is 1. The third kappa shape index (κ3) is 3.92. The van der Waals surface area contributed by atoms with Crippen LogP contribution in [0.3, 0.4) is 0 Å². The van der Waals surface area contributed by atoms with E-state index in [2.05, 4.69) is 50.1 Å². The maximum absolute atomic E-state index is 6.22. The van der Waals surface area contributed by atoms with E-state index in [-0.39, 0.29) is 5.54 Å². The number of hydrogen-bond acceptors (Lipinski definition) is 2. The van der Waals surface area contributed by atoms with Crippen molar-refractivity contribution in [3.05, 3.63) is 30.3 Å². The summed E-state index contributed by atoms with van der Waals surface area (Å²) in [7, 11) is 2.09. The molecule has 2 nitrogen and oxygen atoms in total. The van der Waals surface area contributed by atoms with E-state index in [1.54, 1.807) is 0 Å². The van der Waals surface area contributed by atoms with Crippen molar-refractivity contribution in [1.82, 2.24) is 0 Å². The van der Waals surface area contributed by atoms with Gasteiger partial charge in [-0.1, -0.05) is 31.5 Å². The van der Waals surface area contributed by atoms with E-state index in [4.69, 9.17) is 5.73 Å². The lowest BCUT2D eigenvalue weighted by Gasteiger charge is -2.31. The monoisotopic (exact) mass is 206 g/mol. The van der Waals surface area contributed by atoms with Crippen LogP contribution in [0.15, 0.2) is 30.3 Å². The van der Waals surface area contributed by atoms with Crippen LogP contribution in [0.5, 0.6) is 0 Å². The molecule has 0 saturated heterocycles. The molecule has 0 spiro atoms. The first-order valence-corrected chi connectivity index (χ1v) is 5.60. The van der Waals surface area contributed by atoms with Crippen LogP contribution in [0.4, 0.5) is 5.69 Å². The molecule has 0 aromatic heterocycles. The Bertz CT molecular complexity index is 280. The van der Waals surface area contributed by atoms with Gasteiger partial charge in [-0.3, -0.25) is 0 Å². The second kappa shape index (κ2) is 5.17. The first kappa shape index (κ1) is 12.1. The molecule has 0 aliphatic rings. The second-order valence-electron chi connectivity index (χ2n) is 4.60. The first-order valence-electron chi connectivity index (χ1n) is 5.60. The molecule has 0 radical (unpaired) electrons. The fourth-order valence-corrected chi connectivity index (χ4v) is 1.97. The molecule has 1 atom stereocenters. The summed E-state index contributed by atoms with van der Waals surface area (Å²) in [4.78, 5) is 2.22. The van der Waals surface area contributed by atoms with Crippen LogP contribution in [-0.4, -0.2) is 19.1 Å². The summed E-state index contributed by atoms with van der Waals surface area (Å²) in [5.41, 5.74) is 7.35. The highest BCUT2D eigenvalue weighted by Gasteiger charge is 2.19. The predicted molar refractivity (Wildman–Crippen MR) is 67.2 cm³/mol. The SMILES string of the molecule is CCCC(C)(N)CN(C)c1ccccc1. The molecule has 84 valence electrons. The van der Waals surface area contributed by atoms with Crippen molar-refractivity contribution < 1.29 is 0 Å². The van der Waals surface area contributed by atoms with Gasteiger partial charge in [-0.25, -0.2) is 0 Å². The van der Waals surface area contributed by atoms with Crippen LogP contribution < -0.4 is 10.6 Å². The van der Waals surface area contributed by atoms with Crippen LogP contribution in [0, 0.1) is 0 Å². The lowest BCUT2D eigenvalue weighted by molar-refractivity contribution is 0.430. The molecule has 1 unspecified atom stereocenters. The molecule has 2 N–H and O–H groups in total. The van der Waals surface area contributed by atoms with Gasteiger partial charge in [-0.05, 0) is 25.5 Å². The van der Waals surface area contributed by atoms with E-state index in [0.717, 1.165) is 19.4 Å². The summed E-state index contributed by atoms with van der Waals surface area (Å²) in [5.74, 6) is 0. The number of nitrogens with two attached hydrogens (primary N) is 1. The summed E-state index contributed by atoms with van der Waals surface area (Å²) in [6, 6.07) is 10.4. The molecular weight excluding hydrogens is 184 g/mol. The Morgan fingerprint density at radius 3 is 2.40 bits per heavy atom. The van der Waals surface area contributed by atoms with Crippen LogP contribution in [0.1, 0.15) is 26.7 Å². The number of likely N-dealkylation sites (N-methyl/N-ethyl adjacent to an activating group) is 1. The zero-order valence-electron chi connectivity index (χ0n) is 10.0. The van der Waals surface area contributed by atoms with E-state index >= 15 is 0 Å². The minimum Gasteiger partial charge on any atom is -0.373 e. The van der Waals surface area contributed by atoms with Crippen molar-refractivity contribution in [1.29, 1.82) is 0 Å². The Labute approximate surface area is 93.1 Å². The molecule has 0 amide bonds. The molecular formula is C13H22N2. The molecule has 0 bridgehead atoms. The first-order chi connectivity index (χ1) is 7.05. The standard InChI is InChI=1S/C13H22N2/c1-4-10-13(2,14)11-15(3)12-8-6-5-7-9-12/h5-9H,4,10-11,14H2,1-3H3. The Balaban J connectivity index is 2.59. The van der Waals surface area contributed by atoms with Crippen LogP contribution in [0.2, 0.25) is 0 Å². The highest BCUT2D eigenvalue weighted by molar-refractivity contribution is 5.45. The summed E-state index contributed by atoms with van der Waals surface area (Å²) in [6.07, 6.45) is 2.19. The van der Waals surface area contributed by atoms with Gasteiger partial charge in [0.2, 0.25) is 0 Å². The zero-order valence-corrected chi connectivity index (χ0v) is 10.0. The van der Waals surface area contributed by atoms with Crippen LogP contribution in [-0.2, 0) is 0 Å². The molecule has 2 heteroatoms. The molecule has 0 aliphatic heterocycles. The van der Waals surface area contributed by atoms with Crippen molar-refractivity contribution in [3.8, 4) is 0 Å². The van der Waals surface area contributed by atoms with Crippen molar-refractivity contribution in [2.75, 3.05) is 18.5 Å². The summed E-state index contributed by atoms with van der Waals surface area (Å²) < 4.78 is 0. The van der Waals surface area contributed by atoms with Gasteiger partial charge < -0.3 is 10.6 Å². The lowest BCUT2D eigenvalue weighted by Crippen LogP contribution is -2.46. The number of rotatable bonds is 5. The van der Waals surface area contributed by atoms with Gasteiger partial charge in [-0.15, -0.1) is 0 Å². The van der Waals surface area contributed by atoms with Gasteiger partial charge in [0.15, 0.2) is 0 Å². The normalized spacial score (nSPS) is 14.7. The topological polar surface area (TPSA) is 29.3 Å². The van der Waals surface area contributed by atoms with E-state index in [9.17, 15) is 0 Å². The number of benzene rings is 1. The van der Waals surface area contributed by atoms with Crippen molar-refractivity contribution in [2.45, 2.75) is 32.2 Å². The van der Waals surface area contributed by atoms with Gasteiger partial charge in [0.1, 0.15) is 0 Å². The van der Waals surface area contributed by atoms with Gasteiger partial charge in [0.05, 0.1) is 0 Å². The lowest BCUT2D eigenvalue weighted by atomic mass is 9.97. The highest BCUT2D eigenvalue weighted by atomic mass is 15.1. The van der Waals surface area contributed by atoms with E-state index in [1.165, 1.54) is 5.69 Å². The van der Waals surface area contributed by atoms with Crippen molar-refractivity contribution >= 4 is 5.69 Å². The predicted octanol–water partition coefficient (Wildman–Crippen LogP) is 2.64. The third-order valence-corrected chi connectivity index (χ3v) is 2.62. The Hall–Kier alpha value is -1.02. The maximum atomic E-state index is 6.22. The van der Waals surface area contributed by atoms with Gasteiger partial charge in [0, 0.05) is 24.8 Å².